The molecule has 0 aliphatic carbocycles. The molecule has 5 nitrogen and oxygen atoms in total. The van der Waals surface area contributed by atoms with Crippen LogP contribution in [0.4, 0.5) is 10.1 Å². The Balaban J connectivity index is 2.25. The second-order valence-corrected chi connectivity index (χ2v) is 3.23. The molecule has 0 unspecified atom stereocenters. The van der Waals surface area contributed by atoms with Crippen LogP contribution in [0.5, 0.6) is 0 Å². The fourth-order valence-corrected chi connectivity index (χ4v) is 1.29. The van der Waals surface area contributed by atoms with Crippen LogP contribution < -0.4 is 5.32 Å². The van der Waals surface area contributed by atoms with E-state index in [1.54, 1.807) is 6.07 Å². The molecule has 0 atom stereocenters. The van der Waals surface area contributed by atoms with E-state index in [-0.39, 0.29) is 16.9 Å². The number of carbonyl (C=O) groups is 1. The molecule has 2 rings (SSSR count). The zero-order chi connectivity index (χ0) is 12.3. The van der Waals surface area contributed by atoms with Gasteiger partial charge < -0.3 is 5.32 Å². The summed E-state index contributed by atoms with van der Waals surface area (Å²) >= 11 is 0. The minimum Gasteiger partial charge on any atom is -0.319 e. The van der Waals surface area contributed by atoms with E-state index in [1.165, 1.54) is 24.4 Å². The van der Waals surface area contributed by atoms with Crippen LogP contribution in [0.3, 0.4) is 0 Å². The Hall–Kier alpha value is -2.68. The van der Waals surface area contributed by atoms with Crippen molar-refractivity contribution in [2.24, 2.45) is 0 Å². The standard InChI is InChI=1S/C11H7FN4O/c12-8-1-2-9(7(5-8)6-13)15-11(17)10-3-4-14-16-10/h1-5H,(H,14,16)(H,15,17). The maximum absolute atomic E-state index is 12.9. The fraction of sp³-hybridized carbons (Fsp3) is 0. The summed E-state index contributed by atoms with van der Waals surface area (Å²) in [6.45, 7) is 0. The van der Waals surface area contributed by atoms with Gasteiger partial charge in [-0.05, 0) is 24.3 Å². The van der Waals surface area contributed by atoms with Crippen molar-refractivity contribution >= 4 is 11.6 Å². The molecule has 0 spiro atoms. The first-order chi connectivity index (χ1) is 8.20. The fourth-order valence-electron chi connectivity index (χ4n) is 1.29. The maximum Gasteiger partial charge on any atom is 0.273 e. The number of carbonyl (C=O) groups excluding carboxylic acids is 1. The zero-order valence-electron chi connectivity index (χ0n) is 8.57. The molecule has 0 bridgehead atoms. The quantitative estimate of drug-likeness (QED) is 0.823. The minimum absolute atomic E-state index is 0.0675. The van der Waals surface area contributed by atoms with Crippen molar-refractivity contribution in [3.63, 3.8) is 0 Å². The van der Waals surface area contributed by atoms with Crippen molar-refractivity contribution in [1.29, 1.82) is 5.26 Å². The number of nitrogens with zero attached hydrogens (tertiary/aromatic N) is 2. The highest BCUT2D eigenvalue weighted by atomic mass is 19.1. The van der Waals surface area contributed by atoms with Crippen LogP contribution in [-0.4, -0.2) is 16.1 Å². The van der Waals surface area contributed by atoms with Crippen LogP contribution in [0.2, 0.25) is 0 Å². The van der Waals surface area contributed by atoms with Gasteiger partial charge in [0, 0.05) is 6.20 Å². The van der Waals surface area contributed by atoms with E-state index in [0.29, 0.717) is 0 Å². The van der Waals surface area contributed by atoms with Crippen molar-refractivity contribution in [2.75, 3.05) is 5.32 Å². The Bertz CT molecular complexity index is 586. The summed E-state index contributed by atoms with van der Waals surface area (Å²) < 4.78 is 12.9. The summed E-state index contributed by atoms with van der Waals surface area (Å²) in [7, 11) is 0. The average Bonchev–Trinajstić information content (AvgIpc) is 2.85. The summed E-state index contributed by atoms with van der Waals surface area (Å²) in [5, 5.41) is 17.4. The van der Waals surface area contributed by atoms with Gasteiger partial charge in [-0.1, -0.05) is 0 Å². The number of halogens is 1. The van der Waals surface area contributed by atoms with Crippen LogP contribution in [0.15, 0.2) is 30.5 Å². The highest BCUT2D eigenvalue weighted by Crippen LogP contribution is 2.16. The molecule has 1 heterocycles. The molecule has 0 radical (unpaired) electrons. The second-order valence-electron chi connectivity index (χ2n) is 3.23. The van der Waals surface area contributed by atoms with Crippen molar-refractivity contribution in [1.82, 2.24) is 10.2 Å². The summed E-state index contributed by atoms with van der Waals surface area (Å²) in [5.41, 5.74) is 0.588. The number of benzene rings is 1. The minimum atomic E-state index is -0.527. The summed E-state index contributed by atoms with van der Waals surface area (Å²) in [5.74, 6) is -0.966. The topological polar surface area (TPSA) is 81.6 Å². The Morgan fingerprint density at radius 2 is 2.29 bits per heavy atom. The van der Waals surface area contributed by atoms with Crippen molar-refractivity contribution < 1.29 is 9.18 Å². The number of rotatable bonds is 2. The van der Waals surface area contributed by atoms with Gasteiger partial charge in [0.1, 0.15) is 17.6 Å². The molecule has 84 valence electrons. The van der Waals surface area contributed by atoms with Gasteiger partial charge in [-0.15, -0.1) is 0 Å². The van der Waals surface area contributed by atoms with Gasteiger partial charge in [0.25, 0.3) is 5.91 Å². The van der Waals surface area contributed by atoms with Crippen molar-refractivity contribution in [2.45, 2.75) is 0 Å². The molecule has 17 heavy (non-hydrogen) atoms. The third-order valence-electron chi connectivity index (χ3n) is 2.10. The van der Waals surface area contributed by atoms with Gasteiger partial charge in [-0.2, -0.15) is 10.4 Å². The molecule has 0 aliphatic rings. The smallest absolute Gasteiger partial charge is 0.273 e. The summed E-state index contributed by atoms with van der Waals surface area (Å²) in [4.78, 5) is 11.6. The molecule has 0 aliphatic heterocycles. The normalized spacial score (nSPS) is 9.65. The largest absolute Gasteiger partial charge is 0.319 e. The van der Waals surface area contributed by atoms with Crippen LogP contribution in [-0.2, 0) is 0 Å². The van der Waals surface area contributed by atoms with E-state index >= 15 is 0 Å². The first-order valence-corrected chi connectivity index (χ1v) is 4.71. The van der Waals surface area contributed by atoms with Crippen LogP contribution in [0.1, 0.15) is 16.1 Å². The lowest BCUT2D eigenvalue weighted by atomic mass is 10.2. The van der Waals surface area contributed by atoms with Gasteiger partial charge in [0.2, 0.25) is 0 Å². The SMILES string of the molecule is N#Cc1cc(F)ccc1NC(=O)c1ccn[nH]1. The Morgan fingerprint density at radius 1 is 1.47 bits per heavy atom. The number of H-pyrrole nitrogens is 1. The molecule has 0 saturated carbocycles. The highest BCUT2D eigenvalue weighted by Gasteiger charge is 2.10. The first-order valence-electron chi connectivity index (χ1n) is 4.71. The number of nitriles is 1. The van der Waals surface area contributed by atoms with E-state index in [2.05, 4.69) is 15.5 Å². The second kappa shape index (κ2) is 4.45. The number of anilines is 1. The Morgan fingerprint density at radius 3 is 2.94 bits per heavy atom. The van der Waals surface area contributed by atoms with Gasteiger partial charge in [-0.3, -0.25) is 9.89 Å². The molecular formula is C11H7FN4O. The van der Waals surface area contributed by atoms with E-state index in [9.17, 15) is 9.18 Å². The molecule has 6 heteroatoms. The van der Waals surface area contributed by atoms with E-state index in [4.69, 9.17) is 5.26 Å². The molecule has 2 aromatic rings. The van der Waals surface area contributed by atoms with Gasteiger partial charge in [-0.25, -0.2) is 4.39 Å². The predicted octanol–water partition coefficient (Wildman–Crippen LogP) is 1.67. The first kappa shape index (κ1) is 10.8. The average molecular weight is 230 g/mol. The van der Waals surface area contributed by atoms with E-state index < -0.39 is 11.7 Å². The number of aromatic amines is 1. The third-order valence-corrected chi connectivity index (χ3v) is 2.10. The number of amides is 1. The van der Waals surface area contributed by atoms with Crippen LogP contribution in [0, 0.1) is 17.1 Å². The third kappa shape index (κ3) is 2.29. The van der Waals surface area contributed by atoms with Crippen molar-refractivity contribution in [3.05, 3.63) is 47.5 Å². The molecule has 0 saturated heterocycles. The molecule has 1 amide bonds. The summed E-state index contributed by atoms with van der Waals surface area (Å²) in [6, 6.07) is 6.86. The van der Waals surface area contributed by atoms with E-state index in [0.717, 1.165) is 6.07 Å². The number of hydrogen-bond donors (Lipinski definition) is 2. The zero-order valence-corrected chi connectivity index (χ0v) is 8.57. The number of nitrogens with one attached hydrogen (secondary N) is 2. The van der Waals surface area contributed by atoms with E-state index in [1.807, 2.05) is 0 Å². The van der Waals surface area contributed by atoms with Crippen LogP contribution >= 0.6 is 0 Å². The lowest BCUT2D eigenvalue weighted by Gasteiger charge is -2.05. The monoisotopic (exact) mass is 230 g/mol. The van der Waals surface area contributed by atoms with Gasteiger partial charge >= 0.3 is 0 Å². The molecule has 1 aromatic heterocycles. The van der Waals surface area contributed by atoms with Crippen LogP contribution in [0.25, 0.3) is 0 Å². The maximum atomic E-state index is 12.9. The predicted molar refractivity (Wildman–Crippen MR) is 57.7 cm³/mol. The lowest BCUT2D eigenvalue weighted by molar-refractivity contribution is 0.102. The highest BCUT2D eigenvalue weighted by molar-refractivity contribution is 6.03. The van der Waals surface area contributed by atoms with Gasteiger partial charge in [0.15, 0.2) is 0 Å². The molecule has 2 N–H and O–H groups in total. The van der Waals surface area contributed by atoms with Crippen molar-refractivity contribution in [3.8, 4) is 6.07 Å². The Labute approximate surface area is 95.9 Å². The van der Waals surface area contributed by atoms with Gasteiger partial charge in [0.05, 0.1) is 11.3 Å². The molecule has 0 fully saturated rings. The molecule has 1 aromatic carbocycles. The number of aromatic nitrogens is 2. The summed E-state index contributed by atoms with van der Waals surface area (Å²) in [6.07, 6.45) is 1.44. The number of hydrogen-bond acceptors (Lipinski definition) is 3. The lowest BCUT2D eigenvalue weighted by Crippen LogP contribution is -2.13. The molecular weight excluding hydrogens is 223 g/mol. The Kier molecular flexibility index (Phi) is 2.83.